The first-order valence-corrected chi connectivity index (χ1v) is 6.11. The summed E-state index contributed by atoms with van der Waals surface area (Å²) in [5, 5.41) is 4.37. The zero-order valence-corrected chi connectivity index (χ0v) is 10.5. The van der Waals surface area contributed by atoms with Crippen LogP contribution in [0.5, 0.6) is 0 Å². The van der Waals surface area contributed by atoms with Crippen LogP contribution in [0.2, 0.25) is 0 Å². The van der Waals surface area contributed by atoms with Gasteiger partial charge in [0.25, 0.3) is 5.91 Å². The molecule has 2 aromatic rings. The highest BCUT2D eigenvalue weighted by Gasteiger charge is 2.07. The van der Waals surface area contributed by atoms with Gasteiger partial charge in [-0.25, -0.2) is 4.98 Å². The van der Waals surface area contributed by atoms with Crippen molar-refractivity contribution in [1.82, 2.24) is 15.3 Å². The molecule has 18 heavy (non-hydrogen) atoms. The molecule has 4 N–H and O–H groups in total. The monoisotopic (exact) mass is 264 g/mol. The molecule has 0 unspecified atom stereocenters. The molecule has 0 aliphatic heterocycles. The van der Waals surface area contributed by atoms with Crippen molar-refractivity contribution in [3.05, 3.63) is 44.1 Å². The number of anilines is 1. The molecule has 7 heteroatoms. The van der Waals surface area contributed by atoms with Gasteiger partial charge in [-0.2, -0.15) is 0 Å². The topological polar surface area (TPSA) is 101 Å². The fourth-order valence-corrected chi connectivity index (χ4v) is 2.08. The number of nitrogens with one attached hydrogen (secondary N) is 2. The fourth-order valence-electron chi connectivity index (χ4n) is 1.50. The van der Waals surface area contributed by atoms with Gasteiger partial charge in [-0.1, -0.05) is 11.3 Å². The van der Waals surface area contributed by atoms with E-state index in [1.165, 1.54) is 6.07 Å². The Balaban J connectivity index is 2.05. The number of H-pyrrole nitrogens is 1. The standard InChI is InChI=1S/C11H12N4O2S/c1-6-2-7(3-9(12)14-6)10(16)13-4-8-5-18-11(17)15-8/h2-3,5H,4H2,1H3,(H2,12,14)(H,13,16)(H,15,17). The van der Waals surface area contributed by atoms with E-state index in [0.717, 1.165) is 11.3 Å². The van der Waals surface area contributed by atoms with Gasteiger partial charge < -0.3 is 16.0 Å². The summed E-state index contributed by atoms with van der Waals surface area (Å²) < 4.78 is 0. The molecule has 0 saturated heterocycles. The number of carbonyl (C=O) groups excluding carboxylic acids is 1. The van der Waals surface area contributed by atoms with Crippen LogP contribution in [0.3, 0.4) is 0 Å². The summed E-state index contributed by atoms with van der Waals surface area (Å²) in [6, 6.07) is 3.17. The Morgan fingerprint density at radius 2 is 2.33 bits per heavy atom. The van der Waals surface area contributed by atoms with E-state index >= 15 is 0 Å². The van der Waals surface area contributed by atoms with E-state index < -0.39 is 0 Å². The molecule has 1 amide bonds. The maximum absolute atomic E-state index is 11.8. The first-order valence-electron chi connectivity index (χ1n) is 5.23. The Morgan fingerprint density at radius 3 is 2.94 bits per heavy atom. The number of rotatable bonds is 3. The number of nitrogen functional groups attached to an aromatic ring is 1. The summed E-state index contributed by atoms with van der Waals surface area (Å²) in [6.45, 7) is 2.04. The van der Waals surface area contributed by atoms with E-state index in [4.69, 9.17) is 5.73 Å². The number of aromatic amines is 1. The van der Waals surface area contributed by atoms with E-state index in [9.17, 15) is 9.59 Å². The molecule has 0 aliphatic carbocycles. The zero-order valence-electron chi connectivity index (χ0n) is 9.69. The number of aromatic nitrogens is 2. The van der Waals surface area contributed by atoms with Gasteiger partial charge in [0, 0.05) is 22.3 Å². The summed E-state index contributed by atoms with van der Waals surface area (Å²) in [5.74, 6) is 0.0586. The van der Waals surface area contributed by atoms with Crippen LogP contribution in [0.4, 0.5) is 5.82 Å². The minimum Gasteiger partial charge on any atom is -0.384 e. The SMILES string of the molecule is Cc1cc(C(=O)NCc2csc(=O)[nH]2)cc(N)n1. The second kappa shape index (κ2) is 5.01. The number of amides is 1. The van der Waals surface area contributed by atoms with Crippen LogP contribution in [0.1, 0.15) is 21.7 Å². The van der Waals surface area contributed by atoms with Gasteiger partial charge in [0.2, 0.25) is 0 Å². The van der Waals surface area contributed by atoms with E-state index in [1.807, 2.05) is 0 Å². The third-order valence-corrected chi connectivity index (χ3v) is 2.96. The first-order chi connectivity index (χ1) is 8.54. The first kappa shape index (κ1) is 12.3. The Labute approximate surface area is 107 Å². The average Bonchev–Trinajstić information content (AvgIpc) is 2.70. The number of pyridine rings is 1. The van der Waals surface area contributed by atoms with E-state index in [-0.39, 0.29) is 17.3 Å². The molecule has 2 heterocycles. The van der Waals surface area contributed by atoms with Crippen molar-refractivity contribution < 1.29 is 4.79 Å². The number of hydrogen-bond acceptors (Lipinski definition) is 5. The summed E-state index contributed by atoms with van der Waals surface area (Å²) in [4.78, 5) is 29.2. The number of thiazole rings is 1. The zero-order chi connectivity index (χ0) is 13.1. The van der Waals surface area contributed by atoms with Crippen molar-refractivity contribution in [1.29, 1.82) is 0 Å². The lowest BCUT2D eigenvalue weighted by Crippen LogP contribution is -2.23. The lowest BCUT2D eigenvalue weighted by atomic mass is 10.2. The van der Waals surface area contributed by atoms with Crippen molar-refractivity contribution >= 4 is 23.1 Å². The molecule has 2 aromatic heterocycles. The Bertz CT molecular complexity index is 612. The molecule has 0 bridgehead atoms. The minimum atomic E-state index is -0.251. The van der Waals surface area contributed by atoms with Crippen molar-refractivity contribution in [3.8, 4) is 0 Å². The van der Waals surface area contributed by atoms with Gasteiger partial charge in [-0.05, 0) is 19.1 Å². The molecular weight excluding hydrogens is 252 g/mol. The van der Waals surface area contributed by atoms with Crippen LogP contribution in [-0.2, 0) is 6.54 Å². The lowest BCUT2D eigenvalue weighted by Gasteiger charge is -2.05. The minimum absolute atomic E-state index is 0.136. The summed E-state index contributed by atoms with van der Waals surface area (Å²) in [6.07, 6.45) is 0. The molecule has 0 aliphatic rings. The number of hydrogen-bond donors (Lipinski definition) is 3. The van der Waals surface area contributed by atoms with Crippen LogP contribution >= 0.6 is 11.3 Å². The van der Waals surface area contributed by atoms with Crippen molar-refractivity contribution in [3.63, 3.8) is 0 Å². The summed E-state index contributed by atoms with van der Waals surface area (Å²) in [7, 11) is 0. The van der Waals surface area contributed by atoms with Crippen molar-refractivity contribution in [2.75, 3.05) is 5.73 Å². The van der Waals surface area contributed by atoms with Crippen LogP contribution in [-0.4, -0.2) is 15.9 Å². The number of aryl methyl sites for hydroxylation is 1. The number of nitrogens with two attached hydrogens (primary N) is 1. The Hall–Kier alpha value is -2.15. The second-order valence-corrected chi connectivity index (χ2v) is 4.62. The smallest absolute Gasteiger partial charge is 0.304 e. The quantitative estimate of drug-likeness (QED) is 0.757. The largest absolute Gasteiger partial charge is 0.384 e. The molecule has 2 rings (SSSR count). The van der Waals surface area contributed by atoms with Gasteiger partial charge in [0.05, 0.1) is 6.54 Å². The molecule has 6 nitrogen and oxygen atoms in total. The van der Waals surface area contributed by atoms with E-state index in [0.29, 0.717) is 22.8 Å². The van der Waals surface area contributed by atoms with Gasteiger partial charge in [0.15, 0.2) is 0 Å². The predicted octanol–water partition coefficient (Wildman–Crippen LogP) is 0.652. The van der Waals surface area contributed by atoms with Crippen molar-refractivity contribution in [2.45, 2.75) is 13.5 Å². The highest BCUT2D eigenvalue weighted by molar-refractivity contribution is 7.07. The third kappa shape index (κ3) is 2.95. The Morgan fingerprint density at radius 1 is 1.56 bits per heavy atom. The molecule has 0 spiro atoms. The molecule has 94 valence electrons. The van der Waals surface area contributed by atoms with E-state index in [1.54, 1.807) is 18.4 Å². The predicted molar refractivity (Wildman–Crippen MR) is 69.5 cm³/mol. The molecule has 0 fully saturated rings. The van der Waals surface area contributed by atoms with E-state index in [2.05, 4.69) is 15.3 Å². The van der Waals surface area contributed by atoms with Gasteiger partial charge in [-0.15, -0.1) is 0 Å². The number of carbonyl (C=O) groups is 1. The van der Waals surface area contributed by atoms with Gasteiger partial charge in [-0.3, -0.25) is 9.59 Å². The Kier molecular flexibility index (Phi) is 3.42. The molecule has 0 aromatic carbocycles. The normalized spacial score (nSPS) is 10.3. The van der Waals surface area contributed by atoms with Gasteiger partial charge in [0.1, 0.15) is 5.82 Å². The van der Waals surface area contributed by atoms with Gasteiger partial charge >= 0.3 is 4.87 Å². The maximum atomic E-state index is 11.8. The number of nitrogens with zero attached hydrogens (tertiary/aromatic N) is 1. The highest BCUT2D eigenvalue weighted by Crippen LogP contribution is 2.07. The van der Waals surface area contributed by atoms with Crippen LogP contribution in [0, 0.1) is 6.92 Å². The molecule has 0 radical (unpaired) electrons. The molecule has 0 saturated carbocycles. The maximum Gasteiger partial charge on any atom is 0.304 e. The summed E-state index contributed by atoms with van der Waals surface area (Å²) >= 11 is 1.06. The second-order valence-electron chi connectivity index (χ2n) is 3.78. The average molecular weight is 264 g/mol. The highest BCUT2D eigenvalue weighted by atomic mass is 32.1. The fraction of sp³-hybridized carbons (Fsp3) is 0.182. The summed E-state index contributed by atoms with van der Waals surface area (Å²) in [5.41, 5.74) is 7.39. The third-order valence-electron chi connectivity index (χ3n) is 2.25. The van der Waals surface area contributed by atoms with Crippen LogP contribution in [0.25, 0.3) is 0 Å². The lowest BCUT2D eigenvalue weighted by molar-refractivity contribution is 0.0950. The van der Waals surface area contributed by atoms with Crippen LogP contribution < -0.4 is 15.9 Å². The van der Waals surface area contributed by atoms with Crippen molar-refractivity contribution in [2.24, 2.45) is 0 Å². The van der Waals surface area contributed by atoms with Crippen LogP contribution in [0.15, 0.2) is 22.3 Å². The molecule has 0 atom stereocenters. The molecular formula is C11H12N4O2S.